The summed E-state index contributed by atoms with van der Waals surface area (Å²) < 4.78 is 0. The molecule has 0 saturated heterocycles. The Morgan fingerprint density at radius 2 is 2.12 bits per heavy atom. The third-order valence-electron chi connectivity index (χ3n) is 2.87. The highest BCUT2D eigenvalue weighted by Gasteiger charge is 2.06. The first kappa shape index (κ1) is 12.7. The molecule has 1 atom stereocenters. The highest BCUT2D eigenvalue weighted by molar-refractivity contribution is 7.07. The van der Waals surface area contributed by atoms with Crippen LogP contribution in [-0.2, 0) is 12.8 Å². The third-order valence-corrected chi connectivity index (χ3v) is 3.97. The molecule has 0 aliphatic heterocycles. The molecule has 2 rings (SSSR count). The van der Waals surface area contributed by atoms with Crippen molar-refractivity contribution in [2.45, 2.75) is 31.6 Å². The van der Waals surface area contributed by atoms with E-state index in [1.165, 1.54) is 16.7 Å². The molecular formula is C15H17ClS. The zero-order valence-electron chi connectivity index (χ0n) is 10.0. The lowest BCUT2D eigenvalue weighted by molar-refractivity contribution is 0.744. The highest BCUT2D eigenvalue weighted by atomic mass is 35.5. The van der Waals surface area contributed by atoms with Gasteiger partial charge in [-0.3, -0.25) is 0 Å². The van der Waals surface area contributed by atoms with Gasteiger partial charge in [-0.05, 0) is 54.1 Å². The maximum Gasteiger partial charge on any atom is 0.0379 e. The van der Waals surface area contributed by atoms with Gasteiger partial charge < -0.3 is 0 Å². The number of rotatable bonds is 5. The smallest absolute Gasteiger partial charge is 0.0379 e. The number of hydrogen-bond acceptors (Lipinski definition) is 1. The Kier molecular flexibility index (Phi) is 4.64. The molecule has 0 nitrogen and oxygen atoms in total. The van der Waals surface area contributed by atoms with Crippen molar-refractivity contribution in [1.29, 1.82) is 0 Å². The second-order valence-electron chi connectivity index (χ2n) is 4.46. The minimum Gasteiger partial charge on any atom is -0.152 e. The van der Waals surface area contributed by atoms with Crippen molar-refractivity contribution < 1.29 is 0 Å². The minimum atomic E-state index is 0.241. The fourth-order valence-electron chi connectivity index (χ4n) is 1.96. The van der Waals surface area contributed by atoms with Gasteiger partial charge in [0, 0.05) is 5.38 Å². The summed E-state index contributed by atoms with van der Waals surface area (Å²) in [5.41, 5.74) is 4.08. The Morgan fingerprint density at radius 3 is 2.82 bits per heavy atom. The van der Waals surface area contributed by atoms with Crippen LogP contribution >= 0.6 is 22.9 Å². The van der Waals surface area contributed by atoms with Crippen molar-refractivity contribution in [2.24, 2.45) is 0 Å². The third kappa shape index (κ3) is 4.18. The van der Waals surface area contributed by atoms with Crippen LogP contribution in [0.1, 0.15) is 23.1 Å². The summed E-state index contributed by atoms with van der Waals surface area (Å²) in [4.78, 5) is 0. The van der Waals surface area contributed by atoms with Crippen molar-refractivity contribution in [1.82, 2.24) is 0 Å². The molecule has 1 heterocycles. The van der Waals surface area contributed by atoms with Crippen LogP contribution in [0.15, 0.2) is 41.1 Å². The molecule has 0 bridgehead atoms. The molecule has 1 aromatic carbocycles. The van der Waals surface area contributed by atoms with Crippen LogP contribution in [0.4, 0.5) is 0 Å². The predicted molar refractivity (Wildman–Crippen MR) is 77.2 cm³/mol. The Bertz CT molecular complexity index is 448. The van der Waals surface area contributed by atoms with Crippen LogP contribution in [0, 0.1) is 6.92 Å². The van der Waals surface area contributed by atoms with E-state index in [9.17, 15) is 0 Å². The Balaban J connectivity index is 1.82. The highest BCUT2D eigenvalue weighted by Crippen LogP contribution is 2.17. The van der Waals surface area contributed by atoms with Gasteiger partial charge in [-0.2, -0.15) is 11.3 Å². The second kappa shape index (κ2) is 6.23. The van der Waals surface area contributed by atoms with E-state index in [0.29, 0.717) is 0 Å². The SMILES string of the molecule is Cc1cccc(CCC(Cl)Cc2ccsc2)c1. The van der Waals surface area contributed by atoms with Gasteiger partial charge in [-0.25, -0.2) is 0 Å². The molecule has 0 fully saturated rings. The van der Waals surface area contributed by atoms with Crippen molar-refractivity contribution in [3.05, 3.63) is 57.8 Å². The molecule has 0 radical (unpaired) electrons. The average molecular weight is 265 g/mol. The Hall–Kier alpha value is -0.790. The van der Waals surface area contributed by atoms with Gasteiger partial charge in [0.2, 0.25) is 0 Å². The van der Waals surface area contributed by atoms with E-state index in [1.54, 1.807) is 11.3 Å². The molecule has 1 unspecified atom stereocenters. The summed E-state index contributed by atoms with van der Waals surface area (Å²) in [6.07, 6.45) is 3.09. The largest absolute Gasteiger partial charge is 0.152 e. The zero-order valence-corrected chi connectivity index (χ0v) is 11.6. The van der Waals surface area contributed by atoms with Crippen molar-refractivity contribution in [3.8, 4) is 0 Å². The molecule has 0 saturated carbocycles. The molecule has 0 aliphatic rings. The second-order valence-corrected chi connectivity index (χ2v) is 5.86. The number of hydrogen-bond donors (Lipinski definition) is 0. The lowest BCUT2D eigenvalue weighted by Crippen LogP contribution is -2.04. The van der Waals surface area contributed by atoms with Gasteiger partial charge >= 0.3 is 0 Å². The van der Waals surface area contributed by atoms with Gasteiger partial charge in [-0.15, -0.1) is 11.6 Å². The fraction of sp³-hybridized carbons (Fsp3) is 0.333. The van der Waals surface area contributed by atoms with Gasteiger partial charge in [0.05, 0.1) is 0 Å². The molecule has 90 valence electrons. The summed E-state index contributed by atoms with van der Waals surface area (Å²) in [5, 5.41) is 4.53. The lowest BCUT2D eigenvalue weighted by atomic mass is 10.0. The van der Waals surface area contributed by atoms with Crippen LogP contribution in [0.2, 0.25) is 0 Å². The van der Waals surface area contributed by atoms with Crippen LogP contribution in [0.25, 0.3) is 0 Å². The van der Waals surface area contributed by atoms with E-state index in [4.69, 9.17) is 11.6 Å². The zero-order chi connectivity index (χ0) is 12.1. The van der Waals surface area contributed by atoms with E-state index in [0.717, 1.165) is 19.3 Å². The summed E-state index contributed by atoms with van der Waals surface area (Å²) in [6, 6.07) is 10.8. The summed E-state index contributed by atoms with van der Waals surface area (Å²) in [6.45, 7) is 2.13. The van der Waals surface area contributed by atoms with Crippen molar-refractivity contribution in [2.75, 3.05) is 0 Å². The van der Waals surface area contributed by atoms with Crippen LogP contribution in [0.5, 0.6) is 0 Å². The number of alkyl halides is 1. The number of thiophene rings is 1. The first-order valence-electron chi connectivity index (χ1n) is 5.95. The first-order chi connectivity index (χ1) is 8.24. The fourth-order valence-corrected chi connectivity index (χ4v) is 2.93. The predicted octanol–water partition coefficient (Wildman–Crippen LogP) is 4.84. The topological polar surface area (TPSA) is 0 Å². The summed E-state index contributed by atoms with van der Waals surface area (Å²) in [7, 11) is 0. The van der Waals surface area contributed by atoms with E-state index < -0.39 is 0 Å². The molecule has 1 aromatic heterocycles. The number of halogens is 1. The van der Waals surface area contributed by atoms with E-state index in [2.05, 4.69) is 48.0 Å². The van der Waals surface area contributed by atoms with Crippen LogP contribution in [0.3, 0.4) is 0 Å². The maximum atomic E-state index is 6.37. The van der Waals surface area contributed by atoms with Crippen molar-refractivity contribution >= 4 is 22.9 Å². The summed E-state index contributed by atoms with van der Waals surface area (Å²) in [5.74, 6) is 0. The number of aryl methyl sites for hydroxylation is 2. The van der Waals surface area contributed by atoms with Crippen LogP contribution in [-0.4, -0.2) is 5.38 Å². The lowest BCUT2D eigenvalue weighted by Gasteiger charge is -2.08. The molecule has 0 amide bonds. The maximum absolute atomic E-state index is 6.37. The van der Waals surface area contributed by atoms with Gasteiger partial charge in [0.15, 0.2) is 0 Å². The van der Waals surface area contributed by atoms with E-state index in [1.807, 2.05) is 0 Å². The Labute approximate surface area is 112 Å². The quantitative estimate of drug-likeness (QED) is 0.678. The number of benzene rings is 1. The molecule has 17 heavy (non-hydrogen) atoms. The summed E-state index contributed by atoms with van der Waals surface area (Å²) >= 11 is 8.11. The van der Waals surface area contributed by atoms with E-state index >= 15 is 0 Å². The van der Waals surface area contributed by atoms with Gasteiger partial charge in [0.1, 0.15) is 0 Å². The Morgan fingerprint density at radius 1 is 1.24 bits per heavy atom. The molecular weight excluding hydrogens is 248 g/mol. The molecule has 0 N–H and O–H groups in total. The van der Waals surface area contributed by atoms with Gasteiger partial charge in [0.25, 0.3) is 0 Å². The molecule has 0 spiro atoms. The molecule has 0 aliphatic carbocycles. The minimum absolute atomic E-state index is 0.241. The van der Waals surface area contributed by atoms with E-state index in [-0.39, 0.29) is 5.38 Å². The van der Waals surface area contributed by atoms with Crippen LogP contribution < -0.4 is 0 Å². The monoisotopic (exact) mass is 264 g/mol. The first-order valence-corrected chi connectivity index (χ1v) is 7.32. The normalized spacial score (nSPS) is 12.6. The molecule has 2 heteroatoms. The average Bonchev–Trinajstić information content (AvgIpc) is 2.79. The van der Waals surface area contributed by atoms with Gasteiger partial charge in [-0.1, -0.05) is 29.8 Å². The standard InChI is InChI=1S/C15H17ClS/c1-12-3-2-4-13(9-12)5-6-15(16)10-14-7-8-17-11-14/h2-4,7-9,11,15H,5-6,10H2,1H3. The molecule has 2 aromatic rings. The van der Waals surface area contributed by atoms with Crippen molar-refractivity contribution in [3.63, 3.8) is 0 Å².